The van der Waals surface area contributed by atoms with Crippen LogP contribution >= 0.6 is 0 Å². The summed E-state index contributed by atoms with van der Waals surface area (Å²) in [6.07, 6.45) is 1.85. The van der Waals surface area contributed by atoms with E-state index in [2.05, 4.69) is 20.1 Å². The van der Waals surface area contributed by atoms with Crippen LogP contribution in [0.25, 0.3) is 5.65 Å². The van der Waals surface area contributed by atoms with E-state index in [0.717, 1.165) is 34.5 Å². The molecule has 0 aliphatic heterocycles. The SMILES string of the molecule is COc1cc(NC(=O)CCc2c(C)nc3cc(C)nn3c2C)ccc1NS(C)(=O)=O. The predicted molar refractivity (Wildman–Crippen MR) is 116 cm³/mol. The number of hydrogen-bond acceptors (Lipinski definition) is 6. The van der Waals surface area contributed by atoms with Crippen molar-refractivity contribution in [2.45, 2.75) is 33.6 Å². The van der Waals surface area contributed by atoms with Crippen LogP contribution in [0.4, 0.5) is 11.4 Å². The minimum absolute atomic E-state index is 0.170. The maximum atomic E-state index is 12.5. The molecule has 0 spiro atoms. The smallest absolute Gasteiger partial charge is 0.229 e. The third-order valence-electron chi connectivity index (χ3n) is 4.67. The molecule has 0 unspecified atom stereocenters. The minimum Gasteiger partial charge on any atom is -0.494 e. The van der Waals surface area contributed by atoms with E-state index in [-0.39, 0.29) is 12.3 Å². The van der Waals surface area contributed by atoms with E-state index in [9.17, 15) is 13.2 Å². The number of aryl methyl sites for hydroxylation is 3. The average Bonchev–Trinajstić information content (AvgIpc) is 3.02. The number of amides is 1. The number of sulfonamides is 1. The van der Waals surface area contributed by atoms with E-state index in [1.807, 2.05) is 26.8 Å². The highest BCUT2D eigenvalue weighted by Crippen LogP contribution is 2.28. The standard InChI is InChI=1S/C20H25N5O4S/c1-12-10-19-21-13(2)16(14(3)25(19)23-12)7-9-20(26)22-15-6-8-17(18(11-15)29-4)24-30(5,27)28/h6,8,10-11,24H,7,9H2,1-5H3,(H,22,26). The molecule has 0 fully saturated rings. The van der Waals surface area contributed by atoms with Gasteiger partial charge >= 0.3 is 0 Å². The number of ether oxygens (including phenoxy) is 1. The highest BCUT2D eigenvalue weighted by molar-refractivity contribution is 7.92. The molecule has 0 atom stereocenters. The molecule has 0 aliphatic rings. The Hall–Kier alpha value is -3.14. The first-order chi connectivity index (χ1) is 14.1. The minimum atomic E-state index is -3.44. The van der Waals surface area contributed by atoms with Crippen molar-refractivity contribution in [1.82, 2.24) is 14.6 Å². The first kappa shape index (κ1) is 21.6. The van der Waals surface area contributed by atoms with E-state index < -0.39 is 10.0 Å². The summed E-state index contributed by atoms with van der Waals surface area (Å²) in [5.41, 5.74) is 5.35. The number of benzene rings is 1. The number of rotatable bonds is 7. The van der Waals surface area contributed by atoms with E-state index >= 15 is 0 Å². The number of nitrogens with one attached hydrogen (secondary N) is 2. The first-order valence-electron chi connectivity index (χ1n) is 9.35. The summed E-state index contributed by atoms with van der Waals surface area (Å²) < 4.78 is 32.3. The summed E-state index contributed by atoms with van der Waals surface area (Å²) in [5.74, 6) is 0.144. The van der Waals surface area contributed by atoms with Crippen molar-refractivity contribution in [3.8, 4) is 5.75 Å². The van der Waals surface area contributed by atoms with Crippen LogP contribution in [-0.2, 0) is 21.2 Å². The van der Waals surface area contributed by atoms with Crippen LogP contribution in [0.15, 0.2) is 24.3 Å². The molecule has 1 amide bonds. The number of hydrogen-bond donors (Lipinski definition) is 2. The van der Waals surface area contributed by atoms with Gasteiger partial charge in [-0.3, -0.25) is 9.52 Å². The zero-order chi connectivity index (χ0) is 22.1. The third kappa shape index (κ3) is 4.88. The van der Waals surface area contributed by atoms with Crippen molar-refractivity contribution >= 4 is 33.0 Å². The van der Waals surface area contributed by atoms with Gasteiger partial charge in [0, 0.05) is 35.6 Å². The summed E-state index contributed by atoms with van der Waals surface area (Å²) in [7, 11) is -2.01. The molecule has 9 nitrogen and oxygen atoms in total. The second-order valence-corrected chi connectivity index (χ2v) is 8.90. The largest absolute Gasteiger partial charge is 0.494 e. The van der Waals surface area contributed by atoms with Crippen molar-refractivity contribution in [2.75, 3.05) is 23.4 Å². The highest BCUT2D eigenvalue weighted by Gasteiger charge is 2.14. The Balaban J connectivity index is 1.71. The van der Waals surface area contributed by atoms with Gasteiger partial charge in [-0.2, -0.15) is 5.10 Å². The summed E-state index contributed by atoms with van der Waals surface area (Å²) >= 11 is 0. The first-order valence-corrected chi connectivity index (χ1v) is 11.2. The zero-order valence-electron chi connectivity index (χ0n) is 17.6. The molecule has 30 heavy (non-hydrogen) atoms. The Labute approximate surface area is 175 Å². The molecule has 0 saturated carbocycles. The van der Waals surface area contributed by atoms with Crippen LogP contribution in [0.3, 0.4) is 0 Å². The van der Waals surface area contributed by atoms with Gasteiger partial charge in [0.15, 0.2) is 5.65 Å². The lowest BCUT2D eigenvalue weighted by molar-refractivity contribution is -0.116. The number of anilines is 2. The lowest BCUT2D eigenvalue weighted by Gasteiger charge is -2.13. The fraction of sp³-hybridized carbons (Fsp3) is 0.350. The van der Waals surface area contributed by atoms with E-state index in [1.54, 1.807) is 22.7 Å². The molecule has 0 bridgehead atoms. The average molecular weight is 432 g/mol. The molecule has 2 aromatic heterocycles. The fourth-order valence-electron chi connectivity index (χ4n) is 3.32. The quantitative estimate of drug-likeness (QED) is 0.594. The van der Waals surface area contributed by atoms with E-state index in [1.165, 1.54) is 7.11 Å². The molecule has 0 saturated heterocycles. The van der Waals surface area contributed by atoms with E-state index in [4.69, 9.17) is 4.74 Å². The van der Waals surface area contributed by atoms with Gasteiger partial charge in [0.1, 0.15) is 5.75 Å². The maximum Gasteiger partial charge on any atom is 0.229 e. The van der Waals surface area contributed by atoms with Crippen molar-refractivity contribution in [3.63, 3.8) is 0 Å². The summed E-state index contributed by atoms with van der Waals surface area (Å²) in [5, 5.41) is 7.27. The van der Waals surface area contributed by atoms with Gasteiger partial charge in [-0.15, -0.1) is 0 Å². The van der Waals surface area contributed by atoms with Gasteiger partial charge in [0.25, 0.3) is 0 Å². The molecular weight excluding hydrogens is 406 g/mol. The van der Waals surface area contributed by atoms with Gasteiger partial charge in [-0.25, -0.2) is 17.9 Å². The third-order valence-corrected chi connectivity index (χ3v) is 5.26. The van der Waals surface area contributed by atoms with Crippen LogP contribution in [0.2, 0.25) is 0 Å². The second-order valence-electron chi connectivity index (χ2n) is 7.15. The topological polar surface area (TPSA) is 115 Å². The van der Waals surface area contributed by atoms with Crippen LogP contribution in [-0.4, -0.2) is 42.3 Å². The normalized spacial score (nSPS) is 11.5. The predicted octanol–water partition coefficient (Wildman–Crippen LogP) is 2.61. The molecule has 3 aromatic rings. The molecule has 0 radical (unpaired) electrons. The molecule has 10 heteroatoms. The highest BCUT2D eigenvalue weighted by atomic mass is 32.2. The summed E-state index contributed by atoms with van der Waals surface area (Å²) in [6.45, 7) is 5.82. The van der Waals surface area contributed by atoms with Crippen LogP contribution in [0, 0.1) is 20.8 Å². The van der Waals surface area contributed by atoms with E-state index in [0.29, 0.717) is 23.5 Å². The number of methoxy groups -OCH3 is 1. The Bertz CT molecular complexity index is 1220. The number of carbonyl (C=O) groups excluding carboxylic acids is 1. The molecule has 0 aliphatic carbocycles. The van der Waals surface area contributed by atoms with Gasteiger partial charge in [-0.05, 0) is 44.9 Å². The van der Waals surface area contributed by atoms with Gasteiger partial charge in [-0.1, -0.05) is 0 Å². The van der Waals surface area contributed by atoms with Gasteiger partial charge in [0.05, 0.1) is 24.7 Å². The zero-order valence-corrected chi connectivity index (χ0v) is 18.4. The van der Waals surface area contributed by atoms with Crippen molar-refractivity contribution in [1.29, 1.82) is 0 Å². The fourth-order valence-corrected chi connectivity index (χ4v) is 3.89. The van der Waals surface area contributed by atoms with Crippen molar-refractivity contribution in [3.05, 3.63) is 46.9 Å². The van der Waals surface area contributed by atoms with Crippen LogP contribution < -0.4 is 14.8 Å². The second kappa shape index (κ2) is 8.31. The monoisotopic (exact) mass is 431 g/mol. The number of fused-ring (bicyclic) bond motifs is 1. The molecule has 1 aromatic carbocycles. The van der Waals surface area contributed by atoms with Crippen LogP contribution in [0.1, 0.15) is 29.1 Å². The lowest BCUT2D eigenvalue weighted by atomic mass is 10.1. The number of carbonyl (C=O) groups is 1. The molecule has 160 valence electrons. The number of aromatic nitrogens is 3. The van der Waals surface area contributed by atoms with Gasteiger partial charge in [0.2, 0.25) is 15.9 Å². The summed E-state index contributed by atoms with van der Waals surface area (Å²) in [4.78, 5) is 17.1. The molecule has 2 heterocycles. The molecular formula is C20H25N5O4S. The Morgan fingerprint density at radius 3 is 2.60 bits per heavy atom. The Morgan fingerprint density at radius 2 is 1.93 bits per heavy atom. The Morgan fingerprint density at radius 1 is 1.20 bits per heavy atom. The maximum absolute atomic E-state index is 12.5. The van der Waals surface area contributed by atoms with Crippen LogP contribution in [0.5, 0.6) is 5.75 Å². The van der Waals surface area contributed by atoms with Crippen molar-refractivity contribution < 1.29 is 17.9 Å². The molecule has 2 N–H and O–H groups in total. The Kier molecular flexibility index (Phi) is 5.97. The van der Waals surface area contributed by atoms with Crippen molar-refractivity contribution in [2.24, 2.45) is 0 Å². The molecule has 3 rings (SSSR count). The lowest BCUT2D eigenvalue weighted by Crippen LogP contribution is -2.15. The van der Waals surface area contributed by atoms with Gasteiger partial charge < -0.3 is 10.1 Å². The number of nitrogens with zero attached hydrogens (tertiary/aromatic N) is 3. The summed E-state index contributed by atoms with van der Waals surface area (Å²) in [6, 6.07) is 6.65.